The van der Waals surface area contributed by atoms with Crippen molar-refractivity contribution in [1.29, 1.82) is 0 Å². The number of rotatable bonds is 1. The number of hydrogen-bond acceptors (Lipinski definition) is 1. The van der Waals surface area contributed by atoms with Crippen LogP contribution in [0.3, 0.4) is 0 Å². The maximum Gasteiger partial charge on any atom is 0.131 e. The molecule has 17 heavy (non-hydrogen) atoms. The SMILES string of the molecule is CC1=CC(c2ccccc2)c2ccccc2O1. The number of allylic oxidation sites excluding steroid dienone is 2. The van der Waals surface area contributed by atoms with Gasteiger partial charge in [-0.05, 0) is 24.6 Å². The van der Waals surface area contributed by atoms with Crippen LogP contribution in [0.2, 0.25) is 0 Å². The van der Waals surface area contributed by atoms with Crippen LogP contribution in [0.1, 0.15) is 24.0 Å². The summed E-state index contributed by atoms with van der Waals surface area (Å²) in [5, 5.41) is 0. The zero-order valence-electron chi connectivity index (χ0n) is 9.76. The molecule has 1 unspecified atom stereocenters. The second-order valence-corrected chi connectivity index (χ2v) is 4.31. The minimum atomic E-state index is 0.307. The van der Waals surface area contributed by atoms with E-state index in [-0.39, 0.29) is 0 Å². The van der Waals surface area contributed by atoms with Crippen molar-refractivity contribution >= 4 is 0 Å². The van der Waals surface area contributed by atoms with Crippen molar-refractivity contribution in [2.24, 2.45) is 0 Å². The molecule has 1 atom stereocenters. The third kappa shape index (κ3) is 1.84. The molecule has 2 aromatic rings. The van der Waals surface area contributed by atoms with E-state index in [4.69, 9.17) is 4.74 Å². The number of hydrogen-bond donors (Lipinski definition) is 0. The van der Waals surface area contributed by atoms with E-state index in [1.54, 1.807) is 0 Å². The first-order chi connectivity index (χ1) is 8.34. The van der Waals surface area contributed by atoms with E-state index in [1.165, 1.54) is 11.1 Å². The molecular weight excluding hydrogens is 208 g/mol. The summed E-state index contributed by atoms with van der Waals surface area (Å²) in [6.07, 6.45) is 2.18. The predicted molar refractivity (Wildman–Crippen MR) is 69.1 cm³/mol. The molecule has 0 bridgehead atoms. The van der Waals surface area contributed by atoms with Crippen LogP contribution in [0.15, 0.2) is 66.4 Å². The van der Waals surface area contributed by atoms with Gasteiger partial charge in [-0.3, -0.25) is 0 Å². The number of fused-ring (bicyclic) bond motifs is 1. The van der Waals surface area contributed by atoms with Gasteiger partial charge in [0.05, 0.1) is 5.76 Å². The Balaban J connectivity index is 2.12. The summed E-state index contributed by atoms with van der Waals surface area (Å²) in [7, 11) is 0. The molecule has 0 amide bonds. The Labute approximate surface area is 101 Å². The first-order valence-corrected chi connectivity index (χ1v) is 5.85. The number of para-hydroxylation sites is 1. The van der Waals surface area contributed by atoms with Crippen LogP contribution in [0.4, 0.5) is 0 Å². The van der Waals surface area contributed by atoms with Crippen molar-refractivity contribution in [3.63, 3.8) is 0 Å². The van der Waals surface area contributed by atoms with E-state index in [2.05, 4.69) is 42.5 Å². The average molecular weight is 222 g/mol. The lowest BCUT2D eigenvalue weighted by molar-refractivity contribution is 0.407. The molecular formula is C16H14O. The van der Waals surface area contributed by atoms with E-state index < -0.39 is 0 Å². The Morgan fingerprint density at radius 1 is 0.882 bits per heavy atom. The minimum Gasteiger partial charge on any atom is -0.462 e. The van der Waals surface area contributed by atoms with Crippen molar-refractivity contribution in [3.8, 4) is 5.75 Å². The maximum atomic E-state index is 5.74. The maximum absolute atomic E-state index is 5.74. The lowest BCUT2D eigenvalue weighted by Gasteiger charge is -2.23. The molecule has 0 aliphatic carbocycles. The molecule has 0 N–H and O–H groups in total. The van der Waals surface area contributed by atoms with Crippen LogP contribution >= 0.6 is 0 Å². The Morgan fingerprint density at radius 2 is 1.59 bits per heavy atom. The van der Waals surface area contributed by atoms with Gasteiger partial charge in [-0.25, -0.2) is 0 Å². The van der Waals surface area contributed by atoms with Gasteiger partial charge in [0.1, 0.15) is 5.75 Å². The van der Waals surface area contributed by atoms with Crippen molar-refractivity contribution in [2.45, 2.75) is 12.8 Å². The van der Waals surface area contributed by atoms with Gasteiger partial charge in [-0.1, -0.05) is 48.5 Å². The van der Waals surface area contributed by atoms with Gasteiger partial charge >= 0.3 is 0 Å². The van der Waals surface area contributed by atoms with Gasteiger partial charge in [-0.15, -0.1) is 0 Å². The normalized spacial score (nSPS) is 17.9. The molecule has 0 saturated heterocycles. The topological polar surface area (TPSA) is 9.23 Å². The van der Waals surface area contributed by atoms with Gasteiger partial charge in [0.15, 0.2) is 0 Å². The fourth-order valence-electron chi connectivity index (χ4n) is 2.30. The Hall–Kier alpha value is -2.02. The van der Waals surface area contributed by atoms with E-state index in [0.29, 0.717) is 5.92 Å². The lowest BCUT2D eigenvalue weighted by atomic mass is 9.89. The van der Waals surface area contributed by atoms with E-state index >= 15 is 0 Å². The average Bonchev–Trinajstić information content (AvgIpc) is 2.39. The quantitative estimate of drug-likeness (QED) is 0.705. The third-order valence-corrected chi connectivity index (χ3v) is 3.09. The number of benzene rings is 2. The van der Waals surface area contributed by atoms with Crippen LogP contribution in [-0.2, 0) is 0 Å². The Kier molecular flexibility index (Phi) is 2.45. The molecule has 2 aromatic carbocycles. The fourth-order valence-corrected chi connectivity index (χ4v) is 2.30. The standard InChI is InChI=1S/C16H14O/c1-12-11-15(13-7-3-2-4-8-13)14-9-5-6-10-16(14)17-12/h2-11,15H,1H3. The highest BCUT2D eigenvalue weighted by Gasteiger charge is 2.20. The largest absolute Gasteiger partial charge is 0.462 e. The molecule has 0 saturated carbocycles. The van der Waals surface area contributed by atoms with E-state index in [1.807, 2.05) is 25.1 Å². The highest BCUT2D eigenvalue weighted by atomic mass is 16.5. The molecule has 0 radical (unpaired) electrons. The van der Waals surface area contributed by atoms with Crippen molar-refractivity contribution < 1.29 is 4.74 Å². The molecule has 0 aromatic heterocycles. The van der Waals surface area contributed by atoms with Crippen LogP contribution < -0.4 is 4.74 Å². The minimum absolute atomic E-state index is 0.307. The van der Waals surface area contributed by atoms with Gasteiger partial charge in [-0.2, -0.15) is 0 Å². The van der Waals surface area contributed by atoms with Gasteiger partial charge < -0.3 is 4.74 Å². The van der Waals surface area contributed by atoms with Gasteiger partial charge in [0, 0.05) is 11.5 Å². The molecule has 1 nitrogen and oxygen atoms in total. The van der Waals surface area contributed by atoms with Crippen molar-refractivity contribution in [2.75, 3.05) is 0 Å². The predicted octanol–water partition coefficient (Wildman–Crippen LogP) is 4.11. The van der Waals surface area contributed by atoms with Gasteiger partial charge in [0.2, 0.25) is 0 Å². The van der Waals surface area contributed by atoms with Crippen molar-refractivity contribution in [3.05, 3.63) is 77.6 Å². The second kappa shape index (κ2) is 4.10. The highest BCUT2D eigenvalue weighted by molar-refractivity contribution is 5.48. The molecule has 0 spiro atoms. The summed E-state index contributed by atoms with van der Waals surface area (Å²) in [6.45, 7) is 2.01. The van der Waals surface area contributed by atoms with E-state index in [9.17, 15) is 0 Å². The zero-order valence-corrected chi connectivity index (χ0v) is 9.76. The van der Waals surface area contributed by atoms with Crippen molar-refractivity contribution in [1.82, 2.24) is 0 Å². The Bertz CT molecular complexity index is 555. The van der Waals surface area contributed by atoms with Crippen LogP contribution in [0.5, 0.6) is 5.75 Å². The highest BCUT2D eigenvalue weighted by Crippen LogP contribution is 2.37. The molecule has 1 heterocycles. The summed E-state index contributed by atoms with van der Waals surface area (Å²) in [4.78, 5) is 0. The molecule has 3 rings (SSSR count). The monoisotopic (exact) mass is 222 g/mol. The molecule has 1 aliphatic heterocycles. The fraction of sp³-hybridized carbons (Fsp3) is 0.125. The summed E-state index contributed by atoms with van der Waals surface area (Å²) in [6, 6.07) is 18.8. The summed E-state index contributed by atoms with van der Waals surface area (Å²) < 4.78 is 5.74. The summed E-state index contributed by atoms with van der Waals surface area (Å²) in [5.74, 6) is 2.25. The summed E-state index contributed by atoms with van der Waals surface area (Å²) >= 11 is 0. The third-order valence-electron chi connectivity index (χ3n) is 3.09. The van der Waals surface area contributed by atoms with Crippen LogP contribution in [0.25, 0.3) is 0 Å². The number of ether oxygens (including phenoxy) is 1. The smallest absolute Gasteiger partial charge is 0.131 e. The second-order valence-electron chi connectivity index (χ2n) is 4.31. The first-order valence-electron chi connectivity index (χ1n) is 5.85. The van der Waals surface area contributed by atoms with Gasteiger partial charge in [0.25, 0.3) is 0 Å². The van der Waals surface area contributed by atoms with Crippen LogP contribution in [-0.4, -0.2) is 0 Å². The van der Waals surface area contributed by atoms with E-state index in [0.717, 1.165) is 11.5 Å². The molecule has 84 valence electrons. The van der Waals surface area contributed by atoms with Crippen LogP contribution in [0, 0.1) is 0 Å². The molecule has 1 heteroatoms. The molecule has 0 fully saturated rings. The molecule has 1 aliphatic rings. The Morgan fingerprint density at radius 3 is 2.41 bits per heavy atom. The summed E-state index contributed by atoms with van der Waals surface area (Å²) in [5.41, 5.74) is 2.55. The first kappa shape index (κ1) is 10.2. The zero-order chi connectivity index (χ0) is 11.7. The lowest BCUT2D eigenvalue weighted by Crippen LogP contribution is -2.08.